The van der Waals surface area contributed by atoms with Crippen LogP contribution in [0.15, 0.2) is 36.4 Å². The van der Waals surface area contributed by atoms with Gasteiger partial charge in [0.25, 0.3) is 5.91 Å². The van der Waals surface area contributed by atoms with Gasteiger partial charge in [0.05, 0.1) is 6.42 Å². The first-order valence-electron chi connectivity index (χ1n) is 7.83. The van der Waals surface area contributed by atoms with Crippen LogP contribution < -0.4 is 10.2 Å². The average Bonchev–Trinajstić information content (AvgIpc) is 3.11. The number of carboxylic acid groups (broad SMARTS) is 1. The van der Waals surface area contributed by atoms with Crippen molar-refractivity contribution in [2.24, 2.45) is 0 Å². The number of aliphatic carboxylic acids is 1. The van der Waals surface area contributed by atoms with Crippen molar-refractivity contribution >= 4 is 23.4 Å². The van der Waals surface area contributed by atoms with Gasteiger partial charge in [-0.3, -0.25) is 9.59 Å². The van der Waals surface area contributed by atoms with Crippen molar-refractivity contribution in [1.82, 2.24) is 10.2 Å². The quantitative estimate of drug-likeness (QED) is 0.872. The zero-order valence-corrected chi connectivity index (χ0v) is 13.1. The van der Waals surface area contributed by atoms with Gasteiger partial charge < -0.3 is 15.3 Å². The smallest absolute Gasteiger partial charge is 0.307 e. The van der Waals surface area contributed by atoms with Crippen LogP contribution in [-0.2, 0) is 11.2 Å². The van der Waals surface area contributed by atoms with E-state index in [1.54, 1.807) is 36.4 Å². The zero-order valence-electron chi connectivity index (χ0n) is 13.1. The van der Waals surface area contributed by atoms with Gasteiger partial charge in [0.15, 0.2) is 11.5 Å². The monoisotopic (exact) mass is 326 g/mol. The largest absolute Gasteiger partial charge is 0.481 e. The zero-order chi connectivity index (χ0) is 16.9. The molecule has 124 valence electrons. The lowest BCUT2D eigenvalue weighted by Crippen LogP contribution is -2.21. The van der Waals surface area contributed by atoms with Gasteiger partial charge in [-0.25, -0.2) is 0 Å². The van der Waals surface area contributed by atoms with E-state index in [4.69, 9.17) is 5.11 Å². The molecule has 7 heteroatoms. The first kappa shape index (κ1) is 15.9. The minimum atomic E-state index is -0.952. The second-order valence-corrected chi connectivity index (χ2v) is 5.65. The minimum Gasteiger partial charge on any atom is -0.481 e. The van der Waals surface area contributed by atoms with Gasteiger partial charge in [-0.2, -0.15) is 0 Å². The Balaban J connectivity index is 1.72. The highest BCUT2D eigenvalue weighted by Crippen LogP contribution is 2.18. The van der Waals surface area contributed by atoms with Gasteiger partial charge in [0.1, 0.15) is 0 Å². The van der Waals surface area contributed by atoms with E-state index in [-0.39, 0.29) is 12.1 Å². The summed E-state index contributed by atoms with van der Waals surface area (Å²) >= 11 is 0. The molecule has 1 amide bonds. The highest BCUT2D eigenvalue weighted by Gasteiger charge is 2.16. The summed E-state index contributed by atoms with van der Waals surface area (Å²) in [4.78, 5) is 25.3. The lowest BCUT2D eigenvalue weighted by atomic mass is 10.1. The highest BCUT2D eigenvalue weighted by molar-refractivity contribution is 6.03. The van der Waals surface area contributed by atoms with E-state index in [0.29, 0.717) is 11.3 Å². The molecule has 1 aromatic carbocycles. The van der Waals surface area contributed by atoms with Crippen LogP contribution in [0.5, 0.6) is 0 Å². The normalized spacial score (nSPS) is 13.8. The summed E-state index contributed by atoms with van der Waals surface area (Å²) in [6.07, 6.45) is 2.13. The first-order chi connectivity index (χ1) is 11.6. The van der Waals surface area contributed by atoms with Crippen molar-refractivity contribution in [1.29, 1.82) is 0 Å². The standard InChI is InChI=1S/C17H18N4O3/c22-16(23)11-12-5-1-2-6-13(12)18-17(24)14-7-8-15(20-19-14)21-9-3-4-10-21/h1-2,5-8H,3-4,9-11H2,(H,18,24)(H,22,23). The van der Waals surface area contributed by atoms with Gasteiger partial charge in [-0.15, -0.1) is 10.2 Å². The molecule has 24 heavy (non-hydrogen) atoms. The van der Waals surface area contributed by atoms with E-state index in [9.17, 15) is 9.59 Å². The number of aromatic nitrogens is 2. The Morgan fingerprint density at radius 2 is 1.83 bits per heavy atom. The van der Waals surface area contributed by atoms with Crippen molar-refractivity contribution in [3.05, 3.63) is 47.7 Å². The van der Waals surface area contributed by atoms with Gasteiger partial charge >= 0.3 is 5.97 Å². The Hall–Kier alpha value is -2.96. The molecule has 7 nitrogen and oxygen atoms in total. The number of nitrogens with zero attached hydrogens (tertiary/aromatic N) is 3. The summed E-state index contributed by atoms with van der Waals surface area (Å²) in [6, 6.07) is 10.2. The molecular weight excluding hydrogens is 308 g/mol. The number of nitrogens with one attached hydrogen (secondary N) is 1. The number of anilines is 2. The molecule has 0 aliphatic carbocycles. The Labute approximate surface area is 139 Å². The molecule has 2 aromatic rings. The Morgan fingerprint density at radius 3 is 2.50 bits per heavy atom. The predicted octanol–water partition coefficient (Wildman–Crippen LogP) is 1.96. The molecular formula is C17H18N4O3. The van der Waals surface area contributed by atoms with E-state index in [0.717, 1.165) is 31.7 Å². The number of rotatable bonds is 5. The molecule has 2 heterocycles. The molecule has 0 saturated carbocycles. The molecule has 2 N–H and O–H groups in total. The molecule has 3 rings (SSSR count). The lowest BCUT2D eigenvalue weighted by Gasteiger charge is -2.15. The first-order valence-corrected chi connectivity index (χ1v) is 7.83. The summed E-state index contributed by atoms with van der Waals surface area (Å²) in [7, 11) is 0. The maximum atomic E-state index is 12.3. The van der Waals surface area contributed by atoms with Crippen molar-refractivity contribution < 1.29 is 14.7 Å². The van der Waals surface area contributed by atoms with Crippen molar-refractivity contribution in [2.45, 2.75) is 19.3 Å². The van der Waals surface area contributed by atoms with Gasteiger partial charge in [-0.1, -0.05) is 18.2 Å². The SMILES string of the molecule is O=C(O)Cc1ccccc1NC(=O)c1ccc(N2CCCC2)nn1. The number of carbonyl (C=O) groups is 2. The van der Waals surface area contributed by atoms with Crippen LogP contribution in [0.25, 0.3) is 0 Å². The van der Waals surface area contributed by atoms with Crippen LogP contribution in [0.3, 0.4) is 0 Å². The topological polar surface area (TPSA) is 95.4 Å². The van der Waals surface area contributed by atoms with E-state index in [2.05, 4.69) is 20.4 Å². The minimum absolute atomic E-state index is 0.157. The van der Waals surface area contributed by atoms with Crippen molar-refractivity contribution in [3.63, 3.8) is 0 Å². The molecule has 1 aromatic heterocycles. The predicted molar refractivity (Wildman–Crippen MR) is 89.2 cm³/mol. The molecule has 0 bridgehead atoms. The molecule has 0 spiro atoms. The number of carbonyl (C=O) groups excluding carboxylic acids is 1. The number of carboxylic acids is 1. The molecule has 1 aliphatic rings. The van der Waals surface area contributed by atoms with E-state index in [1.807, 2.05) is 0 Å². The fourth-order valence-electron chi connectivity index (χ4n) is 2.71. The maximum Gasteiger partial charge on any atom is 0.307 e. The van der Waals surface area contributed by atoms with E-state index < -0.39 is 11.9 Å². The van der Waals surface area contributed by atoms with Crippen LogP contribution in [0.2, 0.25) is 0 Å². The summed E-state index contributed by atoms with van der Waals surface area (Å²) in [5.74, 6) is -0.588. The van der Waals surface area contributed by atoms with Crippen molar-refractivity contribution in [3.8, 4) is 0 Å². The van der Waals surface area contributed by atoms with E-state index >= 15 is 0 Å². The van der Waals surface area contributed by atoms with Crippen LogP contribution in [-0.4, -0.2) is 40.3 Å². The fraction of sp³-hybridized carbons (Fsp3) is 0.294. The highest BCUT2D eigenvalue weighted by atomic mass is 16.4. The number of amides is 1. The Bertz CT molecular complexity index is 740. The number of hydrogen-bond acceptors (Lipinski definition) is 5. The Kier molecular flexibility index (Phi) is 4.69. The van der Waals surface area contributed by atoms with Crippen LogP contribution in [0.1, 0.15) is 28.9 Å². The molecule has 0 unspecified atom stereocenters. The maximum absolute atomic E-state index is 12.3. The summed E-state index contributed by atoms with van der Waals surface area (Å²) in [6.45, 7) is 1.92. The van der Waals surface area contributed by atoms with Gasteiger partial charge in [-0.05, 0) is 36.6 Å². The summed E-state index contributed by atoms with van der Waals surface area (Å²) in [5, 5.41) is 19.7. The number of benzene rings is 1. The number of para-hydroxylation sites is 1. The second-order valence-electron chi connectivity index (χ2n) is 5.65. The van der Waals surface area contributed by atoms with Gasteiger partial charge in [0, 0.05) is 18.8 Å². The molecule has 1 saturated heterocycles. The third-order valence-electron chi connectivity index (χ3n) is 3.92. The molecule has 1 fully saturated rings. The third kappa shape index (κ3) is 3.68. The fourth-order valence-corrected chi connectivity index (χ4v) is 2.71. The third-order valence-corrected chi connectivity index (χ3v) is 3.92. The summed E-state index contributed by atoms with van der Waals surface area (Å²) < 4.78 is 0. The van der Waals surface area contributed by atoms with Crippen LogP contribution in [0, 0.1) is 0 Å². The second kappa shape index (κ2) is 7.08. The van der Waals surface area contributed by atoms with Crippen LogP contribution >= 0.6 is 0 Å². The van der Waals surface area contributed by atoms with E-state index in [1.165, 1.54) is 0 Å². The molecule has 1 aliphatic heterocycles. The lowest BCUT2D eigenvalue weighted by molar-refractivity contribution is -0.136. The molecule has 0 atom stereocenters. The average molecular weight is 326 g/mol. The van der Waals surface area contributed by atoms with Gasteiger partial charge in [0.2, 0.25) is 0 Å². The summed E-state index contributed by atoms with van der Waals surface area (Å²) in [5.41, 5.74) is 1.21. The molecule has 0 radical (unpaired) electrons. The number of hydrogen-bond donors (Lipinski definition) is 2. The van der Waals surface area contributed by atoms with Crippen LogP contribution in [0.4, 0.5) is 11.5 Å². The van der Waals surface area contributed by atoms with Crippen molar-refractivity contribution in [2.75, 3.05) is 23.3 Å². The Morgan fingerprint density at radius 1 is 1.08 bits per heavy atom.